The Balaban J connectivity index is 1.97. The molecule has 0 spiro atoms. The third-order valence-corrected chi connectivity index (χ3v) is 5.26. The van der Waals surface area contributed by atoms with E-state index in [-0.39, 0.29) is 18.1 Å². The minimum atomic E-state index is -0.699. The zero-order valence-electron chi connectivity index (χ0n) is 17.2. The molecule has 0 aromatic rings. The number of rotatable bonds is 17. The van der Waals surface area contributed by atoms with Crippen LogP contribution in [0.4, 0.5) is 0 Å². The van der Waals surface area contributed by atoms with Crippen molar-refractivity contribution in [2.24, 2.45) is 5.92 Å². The van der Waals surface area contributed by atoms with E-state index in [2.05, 4.69) is 19.1 Å². The van der Waals surface area contributed by atoms with Gasteiger partial charge in [0.1, 0.15) is 0 Å². The lowest BCUT2D eigenvalue weighted by Gasteiger charge is -2.15. The number of aliphatic hydroxyl groups excluding tert-OH is 1. The van der Waals surface area contributed by atoms with E-state index in [1.807, 2.05) is 12.2 Å². The zero-order valence-corrected chi connectivity index (χ0v) is 17.2. The average molecular weight is 381 g/mol. The number of hydrogen-bond acceptors (Lipinski definition) is 3. The van der Waals surface area contributed by atoms with Crippen molar-refractivity contribution in [2.75, 3.05) is 6.61 Å². The summed E-state index contributed by atoms with van der Waals surface area (Å²) in [5, 5.41) is 19.3. The smallest absolute Gasteiger partial charge is 0.306 e. The summed E-state index contributed by atoms with van der Waals surface area (Å²) in [6.45, 7) is 2.81. The Hall–Kier alpha value is -1.13. The minimum Gasteiger partial charge on any atom is -0.481 e. The lowest BCUT2D eigenvalue weighted by atomic mass is 9.94. The summed E-state index contributed by atoms with van der Waals surface area (Å²) in [7, 11) is 0. The van der Waals surface area contributed by atoms with Gasteiger partial charge in [-0.15, -0.1) is 0 Å². The van der Waals surface area contributed by atoms with Crippen LogP contribution in [0, 0.1) is 5.92 Å². The maximum atomic E-state index is 11.4. The first-order chi connectivity index (χ1) is 13.1. The van der Waals surface area contributed by atoms with Crippen molar-refractivity contribution in [3.05, 3.63) is 24.3 Å². The molecule has 0 radical (unpaired) electrons. The fourth-order valence-electron chi connectivity index (χ4n) is 3.51. The molecule has 0 saturated heterocycles. The van der Waals surface area contributed by atoms with Crippen LogP contribution in [0.25, 0.3) is 0 Å². The van der Waals surface area contributed by atoms with Gasteiger partial charge in [0.15, 0.2) is 0 Å². The summed E-state index contributed by atoms with van der Waals surface area (Å²) < 4.78 is 5.47. The quantitative estimate of drug-likeness (QED) is 0.253. The topological polar surface area (TPSA) is 66.8 Å². The Kier molecular flexibility index (Phi) is 14.1. The molecule has 0 bridgehead atoms. The van der Waals surface area contributed by atoms with Crippen LogP contribution in [0.15, 0.2) is 24.3 Å². The summed E-state index contributed by atoms with van der Waals surface area (Å²) in [6.07, 6.45) is 21.3. The predicted octanol–water partition coefficient (Wildman–Crippen LogP) is 5.65. The first-order valence-electron chi connectivity index (χ1n) is 11.0. The highest BCUT2D eigenvalue weighted by Crippen LogP contribution is 2.21. The van der Waals surface area contributed by atoms with Crippen LogP contribution in [0.3, 0.4) is 0 Å². The molecular formula is C23H40O4. The second-order valence-corrected chi connectivity index (χ2v) is 7.77. The number of hydrogen-bond donors (Lipinski definition) is 2. The number of ether oxygens (including phenoxy) is 1. The van der Waals surface area contributed by atoms with E-state index in [4.69, 9.17) is 4.74 Å². The van der Waals surface area contributed by atoms with Crippen LogP contribution in [0.5, 0.6) is 0 Å². The van der Waals surface area contributed by atoms with Crippen molar-refractivity contribution in [1.29, 1.82) is 0 Å². The molecule has 1 heterocycles. The molecule has 4 nitrogen and oxygen atoms in total. The number of aliphatic carboxylic acids is 1. The second kappa shape index (κ2) is 15.9. The Morgan fingerprint density at radius 1 is 1.11 bits per heavy atom. The van der Waals surface area contributed by atoms with Crippen LogP contribution in [-0.4, -0.2) is 35.0 Å². The van der Waals surface area contributed by atoms with Gasteiger partial charge >= 0.3 is 5.97 Å². The van der Waals surface area contributed by atoms with Crippen molar-refractivity contribution in [1.82, 2.24) is 0 Å². The lowest BCUT2D eigenvalue weighted by molar-refractivity contribution is -0.143. The number of allylic oxidation sites excluding steroid dienone is 1. The summed E-state index contributed by atoms with van der Waals surface area (Å²) in [6, 6.07) is 0. The monoisotopic (exact) mass is 380 g/mol. The van der Waals surface area contributed by atoms with Gasteiger partial charge in [0, 0.05) is 0 Å². The molecule has 0 aliphatic carbocycles. The normalized spacial score (nSPS) is 19.0. The summed E-state index contributed by atoms with van der Waals surface area (Å²) >= 11 is 0. The maximum absolute atomic E-state index is 11.4. The molecule has 27 heavy (non-hydrogen) atoms. The molecule has 156 valence electrons. The first kappa shape index (κ1) is 23.9. The molecule has 0 aromatic carbocycles. The minimum absolute atomic E-state index is 0.0155. The number of aliphatic hydroxyl groups is 1. The molecule has 1 aliphatic rings. The van der Waals surface area contributed by atoms with E-state index < -0.39 is 5.97 Å². The average Bonchev–Trinajstić information content (AvgIpc) is 3.16. The summed E-state index contributed by atoms with van der Waals surface area (Å²) in [4.78, 5) is 11.4. The molecule has 0 fully saturated rings. The van der Waals surface area contributed by atoms with Gasteiger partial charge in [-0.3, -0.25) is 4.79 Å². The van der Waals surface area contributed by atoms with E-state index in [9.17, 15) is 15.0 Å². The zero-order chi connectivity index (χ0) is 19.7. The lowest BCUT2D eigenvalue weighted by Crippen LogP contribution is -2.20. The van der Waals surface area contributed by atoms with Gasteiger partial charge in [-0.1, -0.05) is 76.2 Å². The molecule has 0 amide bonds. The Labute approximate surface area is 165 Å². The standard InChI is InChI=1S/C23H40O4/c1-2-3-4-11-15-21(24)16-12-9-7-5-6-8-10-14-20(23(25)26)19-22-17-13-18-27-22/h9,12-13,17,20-22,24H,2-8,10-11,14-16,18-19H2,1H3,(H,25,26)/b12-9-/t20?,21-,22?/m1/s1. The fourth-order valence-corrected chi connectivity index (χ4v) is 3.51. The van der Waals surface area contributed by atoms with Crippen LogP contribution < -0.4 is 0 Å². The van der Waals surface area contributed by atoms with Gasteiger partial charge in [-0.05, 0) is 38.5 Å². The van der Waals surface area contributed by atoms with Gasteiger partial charge in [-0.2, -0.15) is 0 Å². The number of unbranched alkanes of at least 4 members (excludes halogenated alkanes) is 7. The predicted molar refractivity (Wildman–Crippen MR) is 111 cm³/mol. The van der Waals surface area contributed by atoms with Gasteiger partial charge in [-0.25, -0.2) is 0 Å². The molecule has 2 N–H and O–H groups in total. The largest absolute Gasteiger partial charge is 0.481 e. The Morgan fingerprint density at radius 3 is 2.56 bits per heavy atom. The molecule has 0 aromatic heterocycles. The highest BCUT2D eigenvalue weighted by Gasteiger charge is 2.22. The van der Waals surface area contributed by atoms with Crippen LogP contribution in [-0.2, 0) is 9.53 Å². The SMILES string of the molecule is CCCCCC[C@@H](O)C/C=C\CCCCCCC(CC1C=CCO1)C(=O)O. The van der Waals surface area contributed by atoms with Crippen LogP contribution >= 0.6 is 0 Å². The van der Waals surface area contributed by atoms with Crippen LogP contribution in [0.1, 0.15) is 90.4 Å². The third kappa shape index (κ3) is 12.8. The van der Waals surface area contributed by atoms with Crippen molar-refractivity contribution >= 4 is 5.97 Å². The Morgan fingerprint density at radius 2 is 1.85 bits per heavy atom. The van der Waals surface area contributed by atoms with Crippen molar-refractivity contribution in [2.45, 2.75) is 103 Å². The Bertz CT molecular complexity index is 430. The second-order valence-electron chi connectivity index (χ2n) is 7.77. The molecule has 1 aliphatic heterocycles. The van der Waals surface area contributed by atoms with Gasteiger partial charge in [0.05, 0.1) is 24.7 Å². The van der Waals surface area contributed by atoms with E-state index in [0.717, 1.165) is 57.8 Å². The van der Waals surface area contributed by atoms with E-state index >= 15 is 0 Å². The summed E-state index contributed by atoms with van der Waals surface area (Å²) in [5.41, 5.74) is 0. The maximum Gasteiger partial charge on any atom is 0.306 e. The number of carboxylic acid groups (broad SMARTS) is 1. The van der Waals surface area contributed by atoms with Crippen molar-refractivity contribution in [3.8, 4) is 0 Å². The third-order valence-electron chi connectivity index (χ3n) is 5.26. The van der Waals surface area contributed by atoms with Crippen LogP contribution in [0.2, 0.25) is 0 Å². The van der Waals surface area contributed by atoms with Gasteiger partial charge < -0.3 is 14.9 Å². The molecule has 1 rings (SSSR count). The molecule has 0 saturated carbocycles. The fraction of sp³-hybridized carbons (Fsp3) is 0.783. The first-order valence-corrected chi connectivity index (χ1v) is 11.0. The highest BCUT2D eigenvalue weighted by atomic mass is 16.5. The van der Waals surface area contributed by atoms with Gasteiger partial charge in [0.2, 0.25) is 0 Å². The number of carboxylic acids is 1. The van der Waals surface area contributed by atoms with Crippen molar-refractivity contribution in [3.63, 3.8) is 0 Å². The molecule has 4 heteroatoms. The van der Waals surface area contributed by atoms with Gasteiger partial charge in [0.25, 0.3) is 0 Å². The molecule has 3 atom stereocenters. The summed E-state index contributed by atoms with van der Waals surface area (Å²) in [5.74, 6) is -0.994. The molecule has 2 unspecified atom stereocenters. The highest BCUT2D eigenvalue weighted by molar-refractivity contribution is 5.70. The van der Waals surface area contributed by atoms with Crippen molar-refractivity contribution < 1.29 is 19.7 Å². The van der Waals surface area contributed by atoms with E-state index in [0.29, 0.717) is 13.0 Å². The van der Waals surface area contributed by atoms with E-state index in [1.165, 1.54) is 19.3 Å². The van der Waals surface area contributed by atoms with E-state index in [1.54, 1.807) is 0 Å². The molecular weight excluding hydrogens is 340 g/mol. The number of carbonyl (C=O) groups is 1.